The predicted molar refractivity (Wildman–Crippen MR) is 89.4 cm³/mol. The highest BCUT2D eigenvalue weighted by molar-refractivity contribution is 6.36. The number of nitrogens with one attached hydrogen (secondary N) is 2. The van der Waals surface area contributed by atoms with Crippen LogP contribution in [0.1, 0.15) is 11.1 Å². The highest BCUT2D eigenvalue weighted by Crippen LogP contribution is 2.25. The van der Waals surface area contributed by atoms with Crippen molar-refractivity contribution in [3.8, 4) is 0 Å². The van der Waals surface area contributed by atoms with Crippen LogP contribution in [0.2, 0.25) is 10.0 Å². The van der Waals surface area contributed by atoms with Gasteiger partial charge in [0.1, 0.15) is 0 Å². The molecule has 2 N–H and O–H groups in total. The Kier molecular flexibility index (Phi) is 5.16. The second kappa shape index (κ2) is 6.87. The second-order valence-corrected chi connectivity index (χ2v) is 5.62. The number of hydrogen-bond donors (Lipinski definition) is 2. The van der Waals surface area contributed by atoms with Gasteiger partial charge >= 0.3 is 0 Å². The normalized spacial score (nSPS) is 10.4. The molecule has 0 spiro atoms. The molecule has 0 saturated heterocycles. The third-order valence-corrected chi connectivity index (χ3v) is 3.76. The van der Waals surface area contributed by atoms with Gasteiger partial charge in [0.15, 0.2) is 0 Å². The van der Waals surface area contributed by atoms with Gasteiger partial charge < -0.3 is 10.6 Å². The molecule has 0 aromatic heterocycles. The molecule has 2 aromatic carbocycles. The van der Waals surface area contributed by atoms with E-state index in [1.54, 1.807) is 6.07 Å². The Morgan fingerprint density at radius 3 is 2.30 bits per heavy atom. The van der Waals surface area contributed by atoms with Gasteiger partial charge in [0.25, 0.3) is 0 Å². The van der Waals surface area contributed by atoms with Crippen molar-refractivity contribution in [1.29, 1.82) is 0 Å². The van der Waals surface area contributed by atoms with Crippen molar-refractivity contribution in [3.63, 3.8) is 0 Å². The molecule has 0 radical (unpaired) electrons. The van der Waals surface area contributed by atoms with Crippen LogP contribution in [0.25, 0.3) is 0 Å². The number of hydrogen-bond acceptors (Lipinski definition) is 2. The summed E-state index contributed by atoms with van der Waals surface area (Å²) in [5, 5.41) is 7.95. The van der Waals surface area contributed by atoms with Gasteiger partial charge in [0.2, 0.25) is 0 Å². The molecule has 20 heavy (non-hydrogen) atoms. The van der Waals surface area contributed by atoms with Crippen LogP contribution in [-0.4, -0.2) is 13.1 Å². The number of rotatable bonds is 5. The zero-order chi connectivity index (χ0) is 14.5. The monoisotopic (exact) mass is 308 g/mol. The molecule has 106 valence electrons. The van der Waals surface area contributed by atoms with Crippen molar-refractivity contribution in [2.24, 2.45) is 0 Å². The lowest BCUT2D eigenvalue weighted by Gasteiger charge is -2.11. The summed E-state index contributed by atoms with van der Waals surface area (Å²) < 4.78 is 0. The zero-order valence-electron chi connectivity index (χ0n) is 11.6. The summed E-state index contributed by atoms with van der Waals surface area (Å²) in [5.74, 6) is 0. The fraction of sp³-hybridized carbons (Fsp3) is 0.250. The van der Waals surface area contributed by atoms with Crippen LogP contribution < -0.4 is 10.6 Å². The lowest BCUT2D eigenvalue weighted by Crippen LogP contribution is -2.13. The Morgan fingerprint density at radius 1 is 0.850 bits per heavy atom. The second-order valence-electron chi connectivity index (χ2n) is 4.78. The molecule has 0 heterocycles. The van der Waals surface area contributed by atoms with Crippen molar-refractivity contribution in [1.82, 2.24) is 0 Å². The van der Waals surface area contributed by atoms with Gasteiger partial charge in [-0.2, -0.15) is 0 Å². The SMILES string of the molecule is Cc1ccc(NCCNc2ccc(Cl)cc2Cl)cc1C. The molecule has 0 atom stereocenters. The Bertz CT molecular complexity index is 597. The molecule has 0 bridgehead atoms. The quantitative estimate of drug-likeness (QED) is 0.748. The van der Waals surface area contributed by atoms with Crippen LogP contribution in [0.5, 0.6) is 0 Å². The Hall–Kier alpha value is -1.38. The average molecular weight is 309 g/mol. The molecule has 2 rings (SSSR count). The molecule has 2 aromatic rings. The van der Waals surface area contributed by atoms with Crippen LogP contribution in [-0.2, 0) is 0 Å². The average Bonchev–Trinajstić information content (AvgIpc) is 2.40. The molecule has 0 saturated carbocycles. The first-order valence-electron chi connectivity index (χ1n) is 6.56. The first kappa shape index (κ1) is 15.0. The lowest BCUT2D eigenvalue weighted by atomic mass is 10.1. The fourth-order valence-corrected chi connectivity index (χ4v) is 2.36. The summed E-state index contributed by atoms with van der Waals surface area (Å²) in [6.45, 7) is 5.84. The van der Waals surface area contributed by atoms with Crippen molar-refractivity contribution in [2.45, 2.75) is 13.8 Å². The van der Waals surface area contributed by atoms with E-state index in [-0.39, 0.29) is 0 Å². The maximum absolute atomic E-state index is 6.10. The van der Waals surface area contributed by atoms with E-state index in [4.69, 9.17) is 23.2 Å². The van der Waals surface area contributed by atoms with Crippen LogP contribution in [0.4, 0.5) is 11.4 Å². The van der Waals surface area contributed by atoms with Crippen molar-refractivity contribution >= 4 is 34.6 Å². The lowest BCUT2D eigenvalue weighted by molar-refractivity contribution is 1.08. The fourth-order valence-electron chi connectivity index (χ4n) is 1.89. The maximum atomic E-state index is 6.10. The molecule has 4 heteroatoms. The minimum absolute atomic E-state index is 0.642. The van der Waals surface area contributed by atoms with Crippen molar-refractivity contribution in [2.75, 3.05) is 23.7 Å². The van der Waals surface area contributed by atoms with Gasteiger partial charge in [-0.25, -0.2) is 0 Å². The van der Waals surface area contributed by atoms with E-state index in [1.807, 2.05) is 12.1 Å². The molecule has 0 amide bonds. The van der Waals surface area contributed by atoms with E-state index >= 15 is 0 Å². The van der Waals surface area contributed by atoms with Gasteiger partial charge in [0.05, 0.1) is 10.7 Å². The van der Waals surface area contributed by atoms with Crippen LogP contribution in [0.3, 0.4) is 0 Å². The van der Waals surface area contributed by atoms with E-state index in [0.29, 0.717) is 10.0 Å². The summed E-state index contributed by atoms with van der Waals surface area (Å²) in [6.07, 6.45) is 0. The van der Waals surface area contributed by atoms with Gasteiger partial charge in [-0.1, -0.05) is 29.3 Å². The zero-order valence-corrected chi connectivity index (χ0v) is 13.1. The topological polar surface area (TPSA) is 24.1 Å². The minimum Gasteiger partial charge on any atom is -0.383 e. The van der Waals surface area contributed by atoms with Gasteiger partial charge in [-0.15, -0.1) is 0 Å². The van der Waals surface area contributed by atoms with Crippen LogP contribution >= 0.6 is 23.2 Å². The third kappa shape index (κ3) is 4.06. The highest BCUT2D eigenvalue weighted by atomic mass is 35.5. The third-order valence-electron chi connectivity index (χ3n) is 3.21. The van der Waals surface area contributed by atoms with E-state index in [0.717, 1.165) is 24.5 Å². The summed E-state index contributed by atoms with van der Waals surface area (Å²) in [7, 11) is 0. The van der Waals surface area contributed by atoms with E-state index < -0.39 is 0 Å². The smallest absolute Gasteiger partial charge is 0.0652 e. The van der Waals surface area contributed by atoms with E-state index in [2.05, 4.69) is 42.7 Å². The highest BCUT2D eigenvalue weighted by Gasteiger charge is 2.00. The largest absolute Gasteiger partial charge is 0.383 e. The summed E-state index contributed by atoms with van der Waals surface area (Å²) >= 11 is 12.0. The number of halogens is 2. The number of aryl methyl sites for hydroxylation is 2. The van der Waals surface area contributed by atoms with Gasteiger partial charge in [-0.05, 0) is 55.3 Å². The first-order valence-corrected chi connectivity index (χ1v) is 7.32. The van der Waals surface area contributed by atoms with Crippen molar-refractivity contribution in [3.05, 3.63) is 57.6 Å². The molecule has 0 aliphatic carbocycles. The molecular weight excluding hydrogens is 291 g/mol. The number of anilines is 2. The summed E-state index contributed by atoms with van der Waals surface area (Å²) in [6, 6.07) is 11.8. The van der Waals surface area contributed by atoms with Gasteiger partial charge in [0, 0.05) is 23.8 Å². The molecular formula is C16H18Cl2N2. The van der Waals surface area contributed by atoms with Crippen LogP contribution in [0, 0.1) is 13.8 Å². The molecule has 0 unspecified atom stereocenters. The summed E-state index contributed by atoms with van der Waals surface area (Å²) in [5.41, 5.74) is 4.64. The molecule has 0 aliphatic rings. The van der Waals surface area contributed by atoms with Crippen LogP contribution in [0.15, 0.2) is 36.4 Å². The van der Waals surface area contributed by atoms with Crippen molar-refractivity contribution < 1.29 is 0 Å². The van der Waals surface area contributed by atoms with E-state index in [1.165, 1.54) is 11.1 Å². The Balaban J connectivity index is 1.82. The Morgan fingerprint density at radius 2 is 1.60 bits per heavy atom. The standard InChI is InChI=1S/C16H18Cl2N2/c1-11-3-5-14(9-12(11)2)19-7-8-20-16-6-4-13(17)10-15(16)18/h3-6,9-10,19-20H,7-8H2,1-2H3. The molecule has 2 nitrogen and oxygen atoms in total. The Labute approximate surface area is 130 Å². The summed E-state index contributed by atoms with van der Waals surface area (Å²) in [4.78, 5) is 0. The van der Waals surface area contributed by atoms with E-state index in [9.17, 15) is 0 Å². The predicted octanol–water partition coefficient (Wildman–Crippen LogP) is 5.13. The first-order chi connectivity index (χ1) is 9.56. The number of benzene rings is 2. The molecule has 0 aliphatic heterocycles. The molecule has 0 fully saturated rings. The maximum Gasteiger partial charge on any atom is 0.0652 e. The van der Waals surface area contributed by atoms with Gasteiger partial charge in [-0.3, -0.25) is 0 Å². The minimum atomic E-state index is 0.642.